The molecule has 1 aromatic heterocycles. The Hall–Kier alpha value is -6.50. The van der Waals surface area contributed by atoms with Crippen LogP contribution < -0.4 is 43.6 Å². The number of aliphatic hydroxyl groups excluding tert-OH is 1. The average molecular weight is 898 g/mol. The molecule has 5 atom stereocenters. The van der Waals surface area contributed by atoms with Crippen LogP contribution in [-0.4, -0.2) is 99.4 Å². The lowest BCUT2D eigenvalue weighted by atomic mass is 9.80. The lowest BCUT2D eigenvalue weighted by molar-refractivity contribution is -0.136. The molecule has 0 unspecified atom stereocenters. The Bertz CT molecular complexity index is 2350. The maximum atomic E-state index is 14.3. The summed E-state index contributed by atoms with van der Waals surface area (Å²) in [5.41, 5.74) is 4.54. The number of rotatable bonds is 20. The van der Waals surface area contributed by atoms with Gasteiger partial charge in [-0.15, -0.1) is 0 Å². The second-order valence-corrected chi connectivity index (χ2v) is 17.3. The molecule has 18 heteroatoms. The van der Waals surface area contributed by atoms with Crippen molar-refractivity contribution in [2.45, 2.75) is 95.7 Å². The van der Waals surface area contributed by atoms with Gasteiger partial charge in [0.15, 0.2) is 6.10 Å². The van der Waals surface area contributed by atoms with E-state index >= 15 is 0 Å². The van der Waals surface area contributed by atoms with Gasteiger partial charge in [-0.05, 0) is 54.2 Å². The number of benzene rings is 3. The van der Waals surface area contributed by atoms with Gasteiger partial charge < -0.3 is 42.4 Å². The van der Waals surface area contributed by atoms with Crippen LogP contribution >= 0.6 is 0 Å². The number of aromatic amines is 2. The molecule has 65 heavy (non-hydrogen) atoms. The van der Waals surface area contributed by atoms with Crippen molar-refractivity contribution in [3.8, 4) is 0 Å². The number of nitrogens with zero attached hydrogens (tertiary/aromatic N) is 1. The fraction of sp³-hybridized carbons (Fsp3) is 0.426. The van der Waals surface area contributed by atoms with E-state index in [-0.39, 0.29) is 18.8 Å². The highest BCUT2D eigenvalue weighted by Gasteiger charge is 2.41. The SMILES string of the molecule is CC(C)C[C@H](NC(=O)[C@@H](NC(=O)[C@@H](N)CNC(=O)c1[nH]c(=O)[nH]c(=O)c1F)C(C)C)C(=O)N[C@@H](Cc1ccccc1)[C@@H](O)C(=O)NC1(c2ccccc2)CCN(Cc2ccccc2)CC1. The first kappa shape index (κ1) is 49.5. The fourth-order valence-corrected chi connectivity index (χ4v) is 7.83. The fourth-order valence-electron chi connectivity index (χ4n) is 7.83. The number of hydrogen-bond acceptors (Lipinski definition) is 10. The number of piperidine rings is 1. The van der Waals surface area contributed by atoms with Gasteiger partial charge in [0, 0.05) is 26.2 Å². The number of amides is 5. The smallest absolute Gasteiger partial charge is 0.326 e. The van der Waals surface area contributed by atoms with Crippen molar-refractivity contribution in [2.75, 3.05) is 19.6 Å². The highest BCUT2D eigenvalue weighted by molar-refractivity contribution is 5.95. The Labute approximate surface area is 376 Å². The standard InChI is InChI=1S/C47H60FN9O8/c1-28(2)24-35(52-44(63)37(29(3)4)53-40(59)33(49)26-50-43(62)38-36(48)42(61)55-46(65)54-38)41(60)51-34(25-30-14-8-5-9-15-30)39(58)45(64)56-47(32-18-12-7-13-19-32)20-22-57(23-21-47)27-31-16-10-6-11-17-31/h5-19,28-29,33-35,37,39,58H,20-27,49H2,1-4H3,(H,50,62)(H,51,60)(H,52,63)(H,53,59)(H,56,64)(H2,54,55,61,65)/t33-,34-,35-,37-,39+/m0/s1. The number of carbonyl (C=O) groups excluding carboxylic acids is 5. The van der Waals surface area contributed by atoms with Crippen LogP contribution in [0, 0.1) is 17.7 Å². The molecule has 5 amide bonds. The van der Waals surface area contributed by atoms with E-state index in [0.717, 1.165) is 17.7 Å². The van der Waals surface area contributed by atoms with Crippen molar-refractivity contribution in [2.24, 2.45) is 17.6 Å². The molecule has 3 aromatic carbocycles. The van der Waals surface area contributed by atoms with Crippen molar-refractivity contribution < 1.29 is 33.5 Å². The first-order chi connectivity index (χ1) is 31.0. The Morgan fingerprint density at radius 1 is 0.769 bits per heavy atom. The summed E-state index contributed by atoms with van der Waals surface area (Å²) in [5.74, 6) is -6.33. The van der Waals surface area contributed by atoms with Crippen molar-refractivity contribution in [1.29, 1.82) is 0 Å². The molecule has 5 rings (SSSR count). The van der Waals surface area contributed by atoms with Crippen molar-refractivity contribution in [3.05, 3.63) is 140 Å². The number of aromatic nitrogens is 2. The summed E-state index contributed by atoms with van der Waals surface area (Å²) in [6.45, 7) is 8.57. The molecule has 2 heterocycles. The van der Waals surface area contributed by atoms with Gasteiger partial charge in [-0.25, -0.2) is 4.79 Å². The topological polar surface area (TPSA) is 261 Å². The third-order valence-corrected chi connectivity index (χ3v) is 11.4. The number of halogens is 1. The summed E-state index contributed by atoms with van der Waals surface area (Å²) in [7, 11) is 0. The summed E-state index contributed by atoms with van der Waals surface area (Å²) >= 11 is 0. The van der Waals surface area contributed by atoms with E-state index in [2.05, 4.69) is 43.6 Å². The van der Waals surface area contributed by atoms with Gasteiger partial charge in [0.25, 0.3) is 17.4 Å². The number of hydrogen-bond donors (Lipinski definition) is 9. The van der Waals surface area contributed by atoms with Crippen LogP contribution in [0.5, 0.6) is 0 Å². The van der Waals surface area contributed by atoms with Crippen LogP contribution in [0.2, 0.25) is 0 Å². The van der Waals surface area contributed by atoms with Crippen LogP contribution in [0.4, 0.5) is 4.39 Å². The van der Waals surface area contributed by atoms with Crippen LogP contribution in [0.15, 0.2) is 101 Å². The number of H-pyrrole nitrogens is 2. The molecule has 17 nitrogen and oxygen atoms in total. The van der Waals surface area contributed by atoms with Crippen molar-refractivity contribution >= 4 is 29.5 Å². The van der Waals surface area contributed by atoms with Crippen LogP contribution in [-0.2, 0) is 37.7 Å². The predicted molar refractivity (Wildman–Crippen MR) is 241 cm³/mol. The maximum Gasteiger partial charge on any atom is 0.326 e. The molecule has 1 fully saturated rings. The van der Waals surface area contributed by atoms with Gasteiger partial charge in [0.1, 0.15) is 23.8 Å². The minimum Gasteiger partial charge on any atom is -0.381 e. The zero-order valence-corrected chi connectivity index (χ0v) is 37.1. The Balaban J connectivity index is 1.29. The van der Waals surface area contributed by atoms with E-state index in [4.69, 9.17) is 5.73 Å². The van der Waals surface area contributed by atoms with Gasteiger partial charge in [-0.1, -0.05) is 119 Å². The highest BCUT2D eigenvalue weighted by atomic mass is 19.1. The number of carbonyl (C=O) groups is 5. The molecule has 4 aromatic rings. The lowest BCUT2D eigenvalue weighted by Crippen LogP contribution is -2.61. The van der Waals surface area contributed by atoms with Crippen LogP contribution in [0.3, 0.4) is 0 Å². The molecule has 0 saturated carbocycles. The van der Waals surface area contributed by atoms with Gasteiger partial charge in [0.2, 0.25) is 23.5 Å². The largest absolute Gasteiger partial charge is 0.381 e. The van der Waals surface area contributed by atoms with E-state index in [9.17, 15) is 43.1 Å². The van der Waals surface area contributed by atoms with Crippen molar-refractivity contribution in [1.82, 2.24) is 41.5 Å². The Morgan fingerprint density at radius 3 is 1.94 bits per heavy atom. The minimum absolute atomic E-state index is 0.0787. The predicted octanol–water partition coefficient (Wildman–Crippen LogP) is 1.33. The molecular weight excluding hydrogens is 838 g/mol. The van der Waals surface area contributed by atoms with Gasteiger partial charge in [-0.2, -0.15) is 4.39 Å². The van der Waals surface area contributed by atoms with Crippen LogP contribution in [0.25, 0.3) is 0 Å². The molecule has 10 N–H and O–H groups in total. The average Bonchev–Trinajstić information content (AvgIpc) is 3.28. The molecule has 1 aliphatic rings. The van der Waals surface area contributed by atoms with E-state index < -0.39 is 101 Å². The second-order valence-electron chi connectivity index (χ2n) is 17.3. The Morgan fingerprint density at radius 2 is 1.35 bits per heavy atom. The highest BCUT2D eigenvalue weighted by Crippen LogP contribution is 2.34. The zero-order chi connectivity index (χ0) is 47.3. The van der Waals surface area contributed by atoms with Gasteiger partial charge in [0.05, 0.1) is 11.6 Å². The molecule has 0 bridgehead atoms. The van der Waals surface area contributed by atoms with Gasteiger partial charge >= 0.3 is 5.69 Å². The third-order valence-electron chi connectivity index (χ3n) is 11.4. The summed E-state index contributed by atoms with van der Waals surface area (Å²) < 4.78 is 14.2. The van der Waals surface area contributed by atoms with E-state index in [1.807, 2.05) is 97.7 Å². The normalized spacial score (nSPS) is 16.1. The summed E-state index contributed by atoms with van der Waals surface area (Å²) in [6, 6.07) is 23.9. The molecular formula is C47H60FN9O8. The maximum absolute atomic E-state index is 14.3. The van der Waals surface area contributed by atoms with Crippen LogP contribution in [0.1, 0.15) is 74.1 Å². The lowest BCUT2D eigenvalue weighted by Gasteiger charge is -2.43. The number of aliphatic hydroxyl groups is 1. The molecule has 0 spiro atoms. The number of likely N-dealkylation sites (tertiary alicyclic amines) is 1. The molecule has 0 aliphatic carbocycles. The summed E-state index contributed by atoms with van der Waals surface area (Å²) in [6.07, 6.45) is -0.326. The first-order valence-electron chi connectivity index (χ1n) is 21.8. The zero-order valence-electron chi connectivity index (χ0n) is 37.1. The molecule has 1 saturated heterocycles. The molecule has 0 radical (unpaired) electrons. The summed E-state index contributed by atoms with van der Waals surface area (Å²) in [5, 5.41) is 25.4. The number of nitrogens with one attached hydrogen (secondary N) is 7. The number of nitrogens with two attached hydrogens (primary N) is 1. The quantitative estimate of drug-likeness (QED) is 0.0615. The van der Waals surface area contributed by atoms with Crippen molar-refractivity contribution in [3.63, 3.8) is 0 Å². The van der Waals surface area contributed by atoms with E-state index in [0.29, 0.717) is 25.9 Å². The van der Waals surface area contributed by atoms with Gasteiger partial charge in [-0.3, -0.25) is 38.7 Å². The second kappa shape index (κ2) is 22.9. The molecule has 1 aliphatic heterocycles. The first-order valence-corrected chi connectivity index (χ1v) is 21.8. The summed E-state index contributed by atoms with van der Waals surface area (Å²) in [4.78, 5) is 97.1. The van der Waals surface area contributed by atoms with E-state index in [1.165, 1.54) is 5.56 Å². The Kier molecular flexibility index (Phi) is 17.5. The van der Waals surface area contributed by atoms with E-state index in [1.54, 1.807) is 18.8 Å². The third kappa shape index (κ3) is 13.7. The monoisotopic (exact) mass is 897 g/mol. The minimum atomic E-state index is -1.71. The molecule has 348 valence electrons.